The Morgan fingerprint density at radius 1 is 1.30 bits per heavy atom. The smallest absolute Gasteiger partial charge is 0.303 e. The topological polar surface area (TPSA) is 86.7 Å². The molecule has 2 N–H and O–H groups in total. The quantitative estimate of drug-likeness (QED) is 0.661. The molecule has 1 rings (SSSR count). The van der Waals surface area contributed by atoms with Gasteiger partial charge in [-0.1, -0.05) is 13.3 Å². The summed E-state index contributed by atoms with van der Waals surface area (Å²) in [5.74, 6) is -0.809. The third kappa shape index (κ3) is 7.81. The number of piperidine rings is 1. The maximum absolute atomic E-state index is 11.7. The molecule has 1 aliphatic heterocycles. The number of hydrogen-bond acceptors (Lipinski definition) is 4. The second kappa shape index (κ2) is 8.59. The first-order valence-electron chi connectivity index (χ1n) is 7.30. The molecule has 0 amide bonds. The number of sulfonamides is 1. The second-order valence-corrected chi connectivity index (χ2v) is 7.56. The number of likely N-dealkylation sites (tertiary alicyclic amines) is 1. The average molecular weight is 306 g/mol. The Kier molecular flexibility index (Phi) is 7.47. The molecule has 118 valence electrons. The second-order valence-electron chi connectivity index (χ2n) is 5.63. The van der Waals surface area contributed by atoms with Crippen LogP contribution in [0.5, 0.6) is 0 Å². The van der Waals surface area contributed by atoms with Crippen LogP contribution in [-0.2, 0) is 14.8 Å². The van der Waals surface area contributed by atoms with Crippen molar-refractivity contribution in [3.05, 3.63) is 0 Å². The molecule has 0 radical (unpaired) electrons. The largest absolute Gasteiger partial charge is 0.481 e. The summed E-state index contributed by atoms with van der Waals surface area (Å²) in [5, 5.41) is 8.49. The molecule has 0 saturated carbocycles. The van der Waals surface area contributed by atoms with Crippen LogP contribution in [0.25, 0.3) is 0 Å². The van der Waals surface area contributed by atoms with Gasteiger partial charge in [0.15, 0.2) is 0 Å². The number of carboxylic acid groups (broad SMARTS) is 1. The zero-order valence-electron chi connectivity index (χ0n) is 12.2. The summed E-state index contributed by atoms with van der Waals surface area (Å²) >= 11 is 0. The van der Waals surface area contributed by atoms with Crippen LogP contribution in [0.3, 0.4) is 0 Å². The molecule has 1 unspecified atom stereocenters. The van der Waals surface area contributed by atoms with Crippen LogP contribution in [0.1, 0.15) is 39.0 Å². The van der Waals surface area contributed by atoms with E-state index < -0.39 is 16.0 Å². The molecule has 6 nitrogen and oxygen atoms in total. The summed E-state index contributed by atoms with van der Waals surface area (Å²) in [6.45, 7) is 5.59. The predicted molar refractivity (Wildman–Crippen MR) is 78.1 cm³/mol. The van der Waals surface area contributed by atoms with Gasteiger partial charge in [0.2, 0.25) is 10.0 Å². The Hall–Kier alpha value is -0.660. The van der Waals surface area contributed by atoms with E-state index in [2.05, 4.69) is 9.62 Å². The predicted octanol–water partition coefficient (Wildman–Crippen LogP) is 0.893. The third-order valence-electron chi connectivity index (χ3n) is 3.47. The molecule has 1 atom stereocenters. The first kappa shape index (κ1) is 17.4. The number of nitrogens with zero attached hydrogens (tertiary/aromatic N) is 1. The van der Waals surface area contributed by atoms with Crippen molar-refractivity contribution in [2.75, 3.05) is 31.9 Å². The lowest BCUT2D eigenvalue weighted by atomic mass is 10.1. The zero-order chi connectivity index (χ0) is 15.0. The lowest BCUT2D eigenvalue weighted by Gasteiger charge is -2.29. The molecule has 1 fully saturated rings. The van der Waals surface area contributed by atoms with Gasteiger partial charge in [0, 0.05) is 19.5 Å². The molecule has 7 heteroatoms. The number of hydrogen-bond donors (Lipinski definition) is 2. The molecule has 1 saturated heterocycles. The van der Waals surface area contributed by atoms with Crippen molar-refractivity contribution in [2.24, 2.45) is 5.92 Å². The average Bonchev–Trinajstić information content (AvgIpc) is 2.37. The van der Waals surface area contributed by atoms with E-state index in [9.17, 15) is 13.2 Å². The molecule has 20 heavy (non-hydrogen) atoms. The van der Waals surface area contributed by atoms with E-state index in [0.717, 1.165) is 19.6 Å². The summed E-state index contributed by atoms with van der Waals surface area (Å²) < 4.78 is 26.0. The highest BCUT2D eigenvalue weighted by Gasteiger charge is 2.16. The van der Waals surface area contributed by atoms with E-state index in [1.54, 1.807) is 0 Å². The fraction of sp³-hybridized carbons (Fsp3) is 0.923. The van der Waals surface area contributed by atoms with Crippen LogP contribution >= 0.6 is 0 Å². The van der Waals surface area contributed by atoms with Gasteiger partial charge in [0.1, 0.15) is 0 Å². The fourth-order valence-corrected chi connectivity index (χ4v) is 3.61. The van der Waals surface area contributed by atoms with Gasteiger partial charge in [-0.3, -0.25) is 4.79 Å². The SMILES string of the molecule is CC(CNS(=O)(=O)CCCC(=O)O)CN1CCCCC1. The molecular formula is C13H26N2O4S. The van der Waals surface area contributed by atoms with E-state index in [1.165, 1.54) is 19.3 Å². The van der Waals surface area contributed by atoms with Crippen molar-refractivity contribution >= 4 is 16.0 Å². The van der Waals surface area contributed by atoms with Crippen molar-refractivity contribution in [2.45, 2.75) is 39.0 Å². The molecule has 0 aromatic carbocycles. The highest BCUT2D eigenvalue weighted by molar-refractivity contribution is 7.89. The van der Waals surface area contributed by atoms with Crippen molar-refractivity contribution in [1.82, 2.24) is 9.62 Å². The maximum Gasteiger partial charge on any atom is 0.303 e. The third-order valence-corrected chi connectivity index (χ3v) is 4.91. The first-order chi connectivity index (χ1) is 9.39. The maximum atomic E-state index is 11.7. The Balaban J connectivity index is 2.21. The van der Waals surface area contributed by atoms with Crippen LogP contribution in [0.15, 0.2) is 0 Å². The van der Waals surface area contributed by atoms with E-state index in [-0.39, 0.29) is 24.5 Å². The molecule has 0 aromatic heterocycles. The lowest BCUT2D eigenvalue weighted by molar-refractivity contribution is -0.137. The Morgan fingerprint density at radius 2 is 1.95 bits per heavy atom. The van der Waals surface area contributed by atoms with Crippen LogP contribution < -0.4 is 4.72 Å². The molecule has 0 aromatic rings. The van der Waals surface area contributed by atoms with Crippen LogP contribution in [0.4, 0.5) is 0 Å². The lowest BCUT2D eigenvalue weighted by Crippen LogP contribution is -2.38. The highest BCUT2D eigenvalue weighted by atomic mass is 32.2. The minimum absolute atomic E-state index is 0.107. The Labute approximate surface area is 121 Å². The molecule has 0 spiro atoms. The van der Waals surface area contributed by atoms with Crippen LogP contribution in [0.2, 0.25) is 0 Å². The highest BCUT2D eigenvalue weighted by Crippen LogP contribution is 2.10. The van der Waals surface area contributed by atoms with E-state index in [1.807, 2.05) is 6.92 Å². The summed E-state index contributed by atoms with van der Waals surface area (Å²) in [5.41, 5.74) is 0. The first-order valence-corrected chi connectivity index (χ1v) is 8.96. The molecule has 1 heterocycles. The minimum Gasteiger partial charge on any atom is -0.481 e. The van der Waals surface area contributed by atoms with Gasteiger partial charge in [-0.05, 0) is 38.3 Å². The van der Waals surface area contributed by atoms with Crippen molar-refractivity contribution in [3.63, 3.8) is 0 Å². The van der Waals surface area contributed by atoms with Crippen molar-refractivity contribution in [3.8, 4) is 0 Å². The van der Waals surface area contributed by atoms with Gasteiger partial charge < -0.3 is 10.0 Å². The number of carboxylic acids is 1. The molecule has 1 aliphatic rings. The van der Waals surface area contributed by atoms with E-state index in [0.29, 0.717) is 6.54 Å². The van der Waals surface area contributed by atoms with Gasteiger partial charge >= 0.3 is 5.97 Å². The van der Waals surface area contributed by atoms with Gasteiger partial charge in [0.25, 0.3) is 0 Å². The number of nitrogens with one attached hydrogen (secondary N) is 1. The number of carbonyl (C=O) groups is 1. The summed E-state index contributed by atoms with van der Waals surface area (Å²) in [4.78, 5) is 12.7. The van der Waals surface area contributed by atoms with Gasteiger partial charge in [-0.15, -0.1) is 0 Å². The fourth-order valence-electron chi connectivity index (χ4n) is 2.40. The minimum atomic E-state index is -3.34. The van der Waals surface area contributed by atoms with Gasteiger partial charge in [0.05, 0.1) is 5.75 Å². The Bertz CT molecular complexity index is 391. The van der Waals surface area contributed by atoms with E-state index in [4.69, 9.17) is 5.11 Å². The summed E-state index contributed by atoms with van der Waals surface area (Å²) in [6.07, 6.45) is 3.80. The molecule has 0 bridgehead atoms. The van der Waals surface area contributed by atoms with Crippen LogP contribution in [0, 0.1) is 5.92 Å². The molecule has 0 aliphatic carbocycles. The molecular weight excluding hydrogens is 280 g/mol. The van der Waals surface area contributed by atoms with Gasteiger partial charge in [-0.2, -0.15) is 0 Å². The van der Waals surface area contributed by atoms with Crippen molar-refractivity contribution < 1.29 is 18.3 Å². The summed E-state index contributed by atoms with van der Waals surface area (Å²) in [7, 11) is -3.34. The number of rotatable bonds is 9. The standard InChI is InChI=1S/C13H26N2O4S/c1-12(11-15-7-3-2-4-8-15)10-14-20(18,19)9-5-6-13(16)17/h12,14H,2-11H2,1H3,(H,16,17). The monoisotopic (exact) mass is 306 g/mol. The van der Waals surface area contributed by atoms with Gasteiger partial charge in [-0.25, -0.2) is 13.1 Å². The van der Waals surface area contributed by atoms with Crippen molar-refractivity contribution in [1.29, 1.82) is 0 Å². The summed E-state index contributed by atoms with van der Waals surface area (Å²) in [6, 6.07) is 0. The van der Waals surface area contributed by atoms with Crippen LogP contribution in [-0.4, -0.2) is 56.3 Å². The normalized spacial score (nSPS) is 18.9. The van der Waals surface area contributed by atoms with E-state index >= 15 is 0 Å². The Morgan fingerprint density at radius 3 is 2.55 bits per heavy atom. The number of aliphatic carboxylic acids is 1. The zero-order valence-corrected chi connectivity index (χ0v) is 13.0.